The molecule has 0 radical (unpaired) electrons. The minimum atomic E-state index is -0.649. The van der Waals surface area contributed by atoms with Gasteiger partial charge in [0.25, 0.3) is 5.91 Å². The molecule has 0 aliphatic heterocycles. The Bertz CT molecular complexity index is 632. The zero-order valence-corrected chi connectivity index (χ0v) is 14.9. The van der Waals surface area contributed by atoms with Crippen LogP contribution in [0.2, 0.25) is 10.3 Å². The molecular formula is C17H20Cl2N2O3. The summed E-state index contributed by atoms with van der Waals surface area (Å²) in [5, 5.41) is 3.16. The molecule has 2 bridgehead atoms. The van der Waals surface area contributed by atoms with Crippen LogP contribution in [0.5, 0.6) is 0 Å². The van der Waals surface area contributed by atoms with Crippen molar-refractivity contribution in [3.05, 3.63) is 28.0 Å². The fraction of sp³-hybridized carbons (Fsp3) is 0.588. The molecule has 5 nitrogen and oxygen atoms in total. The van der Waals surface area contributed by atoms with E-state index in [9.17, 15) is 9.59 Å². The first-order chi connectivity index (χ1) is 11.4. The smallest absolute Gasteiger partial charge is 0.338 e. The Kier molecular flexibility index (Phi) is 5.30. The number of aromatic nitrogens is 1. The van der Waals surface area contributed by atoms with Gasteiger partial charge in [0.2, 0.25) is 0 Å². The third-order valence-corrected chi connectivity index (χ3v) is 5.54. The molecule has 24 heavy (non-hydrogen) atoms. The van der Waals surface area contributed by atoms with Crippen LogP contribution in [0.25, 0.3) is 0 Å². The second-order valence-electron chi connectivity index (χ2n) is 6.77. The number of hydrogen-bond donors (Lipinski definition) is 1. The van der Waals surface area contributed by atoms with E-state index in [1.165, 1.54) is 37.8 Å². The van der Waals surface area contributed by atoms with Crippen molar-refractivity contribution in [3.63, 3.8) is 0 Å². The lowest BCUT2D eigenvalue weighted by Crippen LogP contribution is -2.42. The third kappa shape index (κ3) is 4.01. The summed E-state index contributed by atoms with van der Waals surface area (Å²) in [5.74, 6) is 1.17. The Morgan fingerprint density at radius 1 is 1.29 bits per heavy atom. The molecule has 130 valence electrons. The highest BCUT2D eigenvalue weighted by Gasteiger charge is 2.42. The van der Waals surface area contributed by atoms with Crippen molar-refractivity contribution in [3.8, 4) is 0 Å². The lowest BCUT2D eigenvalue weighted by atomic mass is 9.84. The standard InChI is InChI=1S/C17H20Cl2N2O3/c1-9(13-5-10-2-3-11(13)4-10)20-16(22)8-24-17(23)12-6-14(18)21-15(19)7-12/h6-7,9-11,13H,2-5,8H2,1H3,(H,20,22)/t9-,10-,11-,13+/m0/s1. The molecule has 0 aromatic carbocycles. The lowest BCUT2D eigenvalue weighted by molar-refractivity contribution is -0.125. The monoisotopic (exact) mass is 370 g/mol. The maximum Gasteiger partial charge on any atom is 0.338 e. The van der Waals surface area contributed by atoms with Gasteiger partial charge in [-0.05, 0) is 56.1 Å². The topological polar surface area (TPSA) is 68.3 Å². The minimum Gasteiger partial charge on any atom is -0.452 e. The second kappa shape index (κ2) is 7.28. The number of esters is 1. The summed E-state index contributed by atoms with van der Waals surface area (Å²) in [4.78, 5) is 27.7. The molecule has 2 fully saturated rings. The zero-order chi connectivity index (χ0) is 17.3. The van der Waals surface area contributed by atoms with E-state index >= 15 is 0 Å². The summed E-state index contributed by atoms with van der Waals surface area (Å²) in [5.41, 5.74) is 0.175. The predicted molar refractivity (Wildman–Crippen MR) is 91.1 cm³/mol. The molecule has 1 aromatic rings. The highest BCUT2D eigenvalue weighted by atomic mass is 35.5. The molecule has 1 heterocycles. The number of rotatable bonds is 5. The number of halogens is 2. The van der Waals surface area contributed by atoms with Crippen LogP contribution in [0.3, 0.4) is 0 Å². The number of fused-ring (bicyclic) bond motifs is 2. The molecule has 2 aliphatic rings. The summed E-state index contributed by atoms with van der Waals surface area (Å²) in [6, 6.07) is 2.81. The number of carbonyl (C=O) groups is 2. The molecule has 0 spiro atoms. The van der Waals surface area contributed by atoms with E-state index in [4.69, 9.17) is 27.9 Å². The molecule has 2 aliphatic carbocycles. The average molecular weight is 371 g/mol. The molecule has 1 aromatic heterocycles. The van der Waals surface area contributed by atoms with Crippen molar-refractivity contribution < 1.29 is 14.3 Å². The van der Waals surface area contributed by atoms with Gasteiger partial charge < -0.3 is 10.1 Å². The maximum atomic E-state index is 12.0. The fourth-order valence-corrected chi connectivity index (χ4v) is 4.57. The second-order valence-corrected chi connectivity index (χ2v) is 7.55. The van der Waals surface area contributed by atoms with E-state index in [0.717, 1.165) is 11.8 Å². The first kappa shape index (κ1) is 17.5. The summed E-state index contributed by atoms with van der Waals surface area (Å²) in [6.45, 7) is 1.72. The number of hydrogen-bond acceptors (Lipinski definition) is 4. The number of carbonyl (C=O) groups excluding carboxylic acids is 2. The summed E-state index contributed by atoms with van der Waals surface area (Å²) >= 11 is 11.5. The van der Waals surface area contributed by atoms with Crippen LogP contribution < -0.4 is 5.32 Å². The first-order valence-electron chi connectivity index (χ1n) is 8.22. The molecule has 2 saturated carbocycles. The summed E-state index contributed by atoms with van der Waals surface area (Å²) in [6.07, 6.45) is 5.09. The summed E-state index contributed by atoms with van der Waals surface area (Å²) in [7, 11) is 0. The highest BCUT2D eigenvalue weighted by Crippen LogP contribution is 2.49. The van der Waals surface area contributed by atoms with Crippen molar-refractivity contribution in [2.75, 3.05) is 6.61 Å². The van der Waals surface area contributed by atoms with Gasteiger partial charge in [0.15, 0.2) is 6.61 Å². The number of nitrogens with zero attached hydrogens (tertiary/aromatic N) is 1. The van der Waals surface area contributed by atoms with Crippen LogP contribution in [0, 0.1) is 17.8 Å². The van der Waals surface area contributed by atoms with E-state index in [1.54, 1.807) is 0 Å². The number of amides is 1. The SMILES string of the molecule is C[C@H](NC(=O)COC(=O)c1cc(Cl)nc(Cl)c1)[C@H]1C[C@H]2CC[C@H]1C2. The lowest BCUT2D eigenvalue weighted by Gasteiger charge is -2.28. The highest BCUT2D eigenvalue weighted by molar-refractivity contribution is 6.32. The average Bonchev–Trinajstić information content (AvgIpc) is 3.14. The van der Waals surface area contributed by atoms with Gasteiger partial charge in [-0.2, -0.15) is 0 Å². The molecule has 0 saturated heterocycles. The first-order valence-corrected chi connectivity index (χ1v) is 8.97. The molecule has 0 unspecified atom stereocenters. The fourth-order valence-electron chi connectivity index (χ4n) is 4.11. The van der Waals surface area contributed by atoms with Gasteiger partial charge in [-0.25, -0.2) is 9.78 Å². The Hall–Kier alpha value is -1.33. The summed E-state index contributed by atoms with van der Waals surface area (Å²) < 4.78 is 5.03. The molecule has 1 N–H and O–H groups in total. The quantitative estimate of drug-likeness (QED) is 0.636. The Labute approximate surface area is 151 Å². The van der Waals surface area contributed by atoms with Gasteiger partial charge in [0, 0.05) is 6.04 Å². The van der Waals surface area contributed by atoms with Crippen molar-refractivity contribution >= 4 is 35.1 Å². The Morgan fingerprint density at radius 3 is 2.58 bits per heavy atom. The van der Waals surface area contributed by atoms with Crippen LogP contribution in [0.15, 0.2) is 12.1 Å². The predicted octanol–water partition coefficient (Wildman–Crippen LogP) is 3.49. The van der Waals surface area contributed by atoms with Crippen molar-refractivity contribution in [1.82, 2.24) is 10.3 Å². The van der Waals surface area contributed by atoms with Gasteiger partial charge in [-0.1, -0.05) is 29.6 Å². The van der Waals surface area contributed by atoms with Crippen LogP contribution >= 0.6 is 23.2 Å². The molecular weight excluding hydrogens is 351 g/mol. The normalized spacial score (nSPS) is 26.2. The van der Waals surface area contributed by atoms with E-state index in [-0.39, 0.29) is 34.4 Å². The van der Waals surface area contributed by atoms with E-state index in [1.807, 2.05) is 6.92 Å². The van der Waals surface area contributed by atoms with E-state index < -0.39 is 5.97 Å². The molecule has 4 atom stereocenters. The van der Waals surface area contributed by atoms with E-state index in [2.05, 4.69) is 10.3 Å². The van der Waals surface area contributed by atoms with Crippen molar-refractivity contribution in [2.45, 2.75) is 38.6 Å². The van der Waals surface area contributed by atoms with E-state index in [0.29, 0.717) is 5.92 Å². The van der Waals surface area contributed by atoms with Gasteiger partial charge in [-0.3, -0.25) is 4.79 Å². The largest absolute Gasteiger partial charge is 0.452 e. The number of pyridine rings is 1. The third-order valence-electron chi connectivity index (χ3n) is 5.16. The molecule has 7 heteroatoms. The van der Waals surface area contributed by atoms with Crippen LogP contribution in [-0.2, 0) is 9.53 Å². The van der Waals surface area contributed by atoms with Crippen LogP contribution in [0.1, 0.15) is 43.0 Å². The Balaban J connectivity index is 1.47. The maximum absolute atomic E-state index is 12.0. The van der Waals surface area contributed by atoms with Crippen LogP contribution in [0.4, 0.5) is 0 Å². The minimum absolute atomic E-state index is 0.101. The zero-order valence-electron chi connectivity index (χ0n) is 13.4. The van der Waals surface area contributed by atoms with Crippen molar-refractivity contribution in [1.29, 1.82) is 0 Å². The molecule has 3 rings (SSSR count). The Morgan fingerprint density at radius 2 is 2.00 bits per heavy atom. The van der Waals surface area contributed by atoms with Gasteiger partial charge in [0.05, 0.1) is 5.56 Å². The molecule has 1 amide bonds. The van der Waals surface area contributed by atoms with Crippen LogP contribution in [-0.4, -0.2) is 29.5 Å². The van der Waals surface area contributed by atoms with Gasteiger partial charge in [0.1, 0.15) is 10.3 Å². The number of nitrogens with one attached hydrogen (secondary N) is 1. The van der Waals surface area contributed by atoms with Gasteiger partial charge in [-0.15, -0.1) is 0 Å². The number of ether oxygens (including phenoxy) is 1. The van der Waals surface area contributed by atoms with Gasteiger partial charge >= 0.3 is 5.97 Å². The van der Waals surface area contributed by atoms with Crippen molar-refractivity contribution in [2.24, 2.45) is 17.8 Å².